The van der Waals surface area contributed by atoms with Gasteiger partial charge in [-0.05, 0) is 20.9 Å². The largest absolute Gasteiger partial charge is 0.468 e. The highest BCUT2D eigenvalue weighted by Crippen LogP contribution is 2.15. The quantitative estimate of drug-likeness (QED) is 0.662. The van der Waals surface area contributed by atoms with Gasteiger partial charge in [0.25, 0.3) is 0 Å². The Morgan fingerprint density at radius 2 is 1.94 bits per heavy atom. The van der Waals surface area contributed by atoms with Gasteiger partial charge >= 0.3 is 5.97 Å². The van der Waals surface area contributed by atoms with Gasteiger partial charge in [-0.2, -0.15) is 0 Å². The van der Waals surface area contributed by atoms with Crippen molar-refractivity contribution in [3.63, 3.8) is 0 Å². The zero-order chi connectivity index (χ0) is 12.3. The third kappa shape index (κ3) is 2.72. The van der Waals surface area contributed by atoms with Gasteiger partial charge in [0, 0.05) is 31.7 Å². The maximum absolute atomic E-state index is 11.6. The molecule has 3 unspecified atom stereocenters. The molecular formula is C11H23N3O2. The first kappa shape index (κ1) is 13.4. The fourth-order valence-electron chi connectivity index (χ4n) is 2.23. The van der Waals surface area contributed by atoms with Gasteiger partial charge in [-0.3, -0.25) is 14.6 Å². The number of carbonyl (C=O) groups excluding carboxylic acids is 1. The Bertz CT molecular complexity index is 235. The van der Waals surface area contributed by atoms with Crippen LogP contribution in [-0.2, 0) is 9.53 Å². The Kier molecular flexibility index (Phi) is 4.70. The molecule has 0 aromatic rings. The molecule has 0 aliphatic carbocycles. The summed E-state index contributed by atoms with van der Waals surface area (Å²) in [7, 11) is 3.52. The average Bonchev–Trinajstić information content (AvgIpc) is 2.26. The molecule has 1 aliphatic heterocycles. The Labute approximate surface area is 97.5 Å². The summed E-state index contributed by atoms with van der Waals surface area (Å²) in [4.78, 5) is 16.0. The van der Waals surface area contributed by atoms with Gasteiger partial charge in [-0.25, -0.2) is 0 Å². The number of esters is 1. The second-order valence-electron chi connectivity index (χ2n) is 4.59. The van der Waals surface area contributed by atoms with E-state index in [2.05, 4.69) is 30.7 Å². The minimum absolute atomic E-state index is 0.230. The van der Waals surface area contributed by atoms with Crippen LogP contribution in [0.15, 0.2) is 0 Å². The van der Waals surface area contributed by atoms with Crippen molar-refractivity contribution in [2.24, 2.45) is 5.73 Å². The van der Waals surface area contributed by atoms with E-state index >= 15 is 0 Å². The van der Waals surface area contributed by atoms with Gasteiger partial charge in [0.2, 0.25) is 0 Å². The summed E-state index contributed by atoms with van der Waals surface area (Å²) in [5.74, 6) is -0.230. The Balaban J connectivity index is 2.69. The van der Waals surface area contributed by atoms with E-state index in [1.807, 2.05) is 0 Å². The van der Waals surface area contributed by atoms with E-state index in [1.165, 1.54) is 7.11 Å². The summed E-state index contributed by atoms with van der Waals surface area (Å²) in [5, 5.41) is 0. The van der Waals surface area contributed by atoms with Crippen LogP contribution in [0.5, 0.6) is 0 Å². The van der Waals surface area contributed by atoms with Crippen molar-refractivity contribution in [3.8, 4) is 0 Å². The molecule has 1 rings (SSSR count). The van der Waals surface area contributed by atoms with Crippen molar-refractivity contribution in [1.29, 1.82) is 0 Å². The van der Waals surface area contributed by atoms with Crippen molar-refractivity contribution in [2.45, 2.75) is 32.0 Å². The van der Waals surface area contributed by atoms with Gasteiger partial charge in [0.15, 0.2) is 0 Å². The number of hydrogen-bond donors (Lipinski definition) is 1. The fourth-order valence-corrected chi connectivity index (χ4v) is 2.23. The molecule has 94 valence electrons. The van der Waals surface area contributed by atoms with E-state index < -0.39 is 0 Å². The lowest BCUT2D eigenvalue weighted by Gasteiger charge is -2.44. The molecule has 0 saturated carbocycles. The number of likely N-dealkylation sites (N-methyl/N-ethyl adjacent to an activating group) is 1. The Morgan fingerprint density at radius 3 is 2.31 bits per heavy atom. The van der Waals surface area contributed by atoms with Gasteiger partial charge in [-0.15, -0.1) is 0 Å². The zero-order valence-electron chi connectivity index (χ0n) is 10.6. The standard InChI is InChI=1S/C11H23N3O2/c1-8-6-14(7-9(2)13(8)3)10(5-12)11(15)16-4/h8-10H,5-7,12H2,1-4H3. The highest BCUT2D eigenvalue weighted by molar-refractivity contribution is 5.76. The van der Waals surface area contributed by atoms with Crippen LogP contribution in [0.2, 0.25) is 0 Å². The van der Waals surface area contributed by atoms with Crippen LogP contribution >= 0.6 is 0 Å². The van der Waals surface area contributed by atoms with Crippen LogP contribution in [0, 0.1) is 0 Å². The Hall–Kier alpha value is -0.650. The number of piperazine rings is 1. The molecule has 16 heavy (non-hydrogen) atoms. The molecule has 0 amide bonds. The van der Waals surface area contributed by atoms with Crippen LogP contribution in [0.25, 0.3) is 0 Å². The van der Waals surface area contributed by atoms with Crippen LogP contribution < -0.4 is 5.73 Å². The Morgan fingerprint density at radius 1 is 1.44 bits per heavy atom. The molecule has 0 radical (unpaired) electrons. The van der Waals surface area contributed by atoms with Gasteiger partial charge in [0.1, 0.15) is 6.04 Å². The lowest BCUT2D eigenvalue weighted by atomic mass is 10.1. The number of carbonyl (C=O) groups is 1. The number of rotatable bonds is 3. The molecule has 5 heteroatoms. The maximum Gasteiger partial charge on any atom is 0.324 e. The van der Waals surface area contributed by atoms with E-state index in [1.54, 1.807) is 0 Å². The third-order valence-electron chi connectivity index (χ3n) is 3.53. The minimum atomic E-state index is -0.302. The van der Waals surface area contributed by atoms with Gasteiger partial charge < -0.3 is 10.5 Å². The van der Waals surface area contributed by atoms with Crippen LogP contribution in [0.3, 0.4) is 0 Å². The fraction of sp³-hybridized carbons (Fsp3) is 0.909. The molecule has 1 heterocycles. The van der Waals surface area contributed by atoms with E-state index in [4.69, 9.17) is 10.5 Å². The van der Waals surface area contributed by atoms with E-state index in [-0.39, 0.29) is 12.0 Å². The predicted molar refractivity (Wildman–Crippen MR) is 63.1 cm³/mol. The zero-order valence-corrected chi connectivity index (χ0v) is 10.6. The topological polar surface area (TPSA) is 58.8 Å². The van der Waals surface area contributed by atoms with Gasteiger partial charge in [0.05, 0.1) is 7.11 Å². The molecule has 2 N–H and O–H groups in total. The van der Waals surface area contributed by atoms with Crippen molar-refractivity contribution in [1.82, 2.24) is 9.80 Å². The first-order valence-electron chi connectivity index (χ1n) is 5.75. The van der Waals surface area contributed by atoms with Crippen LogP contribution in [0.1, 0.15) is 13.8 Å². The van der Waals surface area contributed by atoms with E-state index in [9.17, 15) is 4.79 Å². The summed E-state index contributed by atoms with van der Waals surface area (Å²) in [5.41, 5.74) is 5.65. The lowest BCUT2D eigenvalue weighted by molar-refractivity contribution is -0.148. The monoisotopic (exact) mass is 229 g/mol. The molecule has 3 atom stereocenters. The second-order valence-corrected chi connectivity index (χ2v) is 4.59. The second kappa shape index (κ2) is 5.61. The van der Waals surface area contributed by atoms with Crippen molar-refractivity contribution >= 4 is 5.97 Å². The number of hydrogen-bond acceptors (Lipinski definition) is 5. The maximum atomic E-state index is 11.6. The lowest BCUT2D eigenvalue weighted by Crippen LogP contribution is -2.60. The third-order valence-corrected chi connectivity index (χ3v) is 3.53. The summed E-state index contributed by atoms with van der Waals surface area (Å²) >= 11 is 0. The summed E-state index contributed by atoms with van der Waals surface area (Å²) in [6, 6.07) is 0.563. The first-order valence-corrected chi connectivity index (χ1v) is 5.75. The number of methoxy groups -OCH3 is 1. The van der Waals surface area contributed by atoms with Crippen molar-refractivity contribution < 1.29 is 9.53 Å². The van der Waals surface area contributed by atoms with Crippen LogP contribution in [-0.4, -0.2) is 67.7 Å². The highest BCUT2D eigenvalue weighted by Gasteiger charge is 2.33. The number of nitrogens with zero attached hydrogens (tertiary/aromatic N) is 2. The average molecular weight is 229 g/mol. The molecule has 0 aromatic heterocycles. The van der Waals surface area contributed by atoms with Gasteiger partial charge in [-0.1, -0.05) is 0 Å². The highest BCUT2D eigenvalue weighted by atomic mass is 16.5. The molecule has 1 saturated heterocycles. The minimum Gasteiger partial charge on any atom is -0.468 e. The van der Waals surface area contributed by atoms with Crippen molar-refractivity contribution in [2.75, 3.05) is 33.8 Å². The molecular weight excluding hydrogens is 206 g/mol. The van der Waals surface area contributed by atoms with Crippen LogP contribution in [0.4, 0.5) is 0 Å². The summed E-state index contributed by atoms with van der Waals surface area (Å²) in [6.45, 7) is 6.35. The van der Waals surface area contributed by atoms with E-state index in [0.29, 0.717) is 18.6 Å². The molecule has 1 aliphatic rings. The molecule has 0 spiro atoms. The molecule has 1 fully saturated rings. The molecule has 0 bridgehead atoms. The molecule has 5 nitrogen and oxygen atoms in total. The number of ether oxygens (including phenoxy) is 1. The molecule has 0 aromatic carbocycles. The summed E-state index contributed by atoms with van der Waals surface area (Å²) < 4.78 is 4.78. The predicted octanol–water partition coefficient (Wildman–Crippen LogP) is -0.489. The smallest absolute Gasteiger partial charge is 0.324 e. The first-order chi connectivity index (χ1) is 7.51. The van der Waals surface area contributed by atoms with E-state index in [0.717, 1.165) is 13.1 Å². The number of nitrogens with two attached hydrogens (primary N) is 1. The van der Waals surface area contributed by atoms with Crippen molar-refractivity contribution in [3.05, 3.63) is 0 Å². The summed E-state index contributed by atoms with van der Waals surface area (Å²) in [6.07, 6.45) is 0. The SMILES string of the molecule is COC(=O)C(CN)N1CC(C)N(C)C(C)C1. The normalized spacial score (nSPS) is 30.1.